The fourth-order valence-corrected chi connectivity index (χ4v) is 2.57. The molecule has 1 N–H and O–H groups in total. The van der Waals surface area contributed by atoms with Crippen LogP contribution in [0.2, 0.25) is 0 Å². The zero-order chi connectivity index (χ0) is 13.1. The van der Waals surface area contributed by atoms with Crippen LogP contribution in [0.25, 0.3) is 0 Å². The van der Waals surface area contributed by atoms with Gasteiger partial charge in [-0.1, -0.05) is 18.2 Å². The van der Waals surface area contributed by atoms with E-state index in [4.69, 9.17) is 0 Å². The molecule has 0 radical (unpaired) electrons. The molecular weight excluding hydrogens is 236 g/mol. The van der Waals surface area contributed by atoms with Gasteiger partial charge in [0, 0.05) is 30.9 Å². The van der Waals surface area contributed by atoms with Crippen molar-refractivity contribution in [3.05, 3.63) is 65.0 Å². The smallest absolute Gasteiger partial charge is 0.167 e. The first-order valence-corrected chi connectivity index (χ1v) is 6.58. The number of nitrogens with one attached hydrogen (secondary N) is 1. The first kappa shape index (κ1) is 12.1. The average Bonchev–Trinajstić information content (AvgIpc) is 2.47. The highest BCUT2D eigenvalue weighted by Crippen LogP contribution is 2.20. The van der Waals surface area contributed by atoms with Crippen molar-refractivity contribution in [2.24, 2.45) is 0 Å². The van der Waals surface area contributed by atoms with E-state index >= 15 is 0 Å². The van der Waals surface area contributed by atoms with Gasteiger partial charge in [0.15, 0.2) is 5.78 Å². The number of hydrogen-bond acceptors (Lipinski definition) is 3. The van der Waals surface area contributed by atoms with Crippen molar-refractivity contribution in [2.45, 2.75) is 19.4 Å². The van der Waals surface area contributed by atoms with Crippen LogP contribution in [0, 0.1) is 0 Å². The number of ketones is 1. The number of nitrogens with zero attached hydrogens (tertiary/aromatic N) is 1. The lowest BCUT2D eigenvalue weighted by molar-refractivity contribution is 0.0992. The Labute approximate surface area is 112 Å². The van der Waals surface area contributed by atoms with Gasteiger partial charge in [0.05, 0.1) is 0 Å². The summed E-state index contributed by atoms with van der Waals surface area (Å²) in [6.07, 6.45) is 4.85. The van der Waals surface area contributed by atoms with Crippen LogP contribution in [-0.2, 0) is 19.4 Å². The van der Waals surface area contributed by atoms with E-state index in [1.807, 2.05) is 24.3 Å². The van der Waals surface area contributed by atoms with Gasteiger partial charge in [-0.05, 0) is 41.8 Å². The maximum absolute atomic E-state index is 12.4. The minimum absolute atomic E-state index is 0.199. The third-order valence-corrected chi connectivity index (χ3v) is 3.55. The number of pyridine rings is 1. The average molecular weight is 252 g/mol. The number of carbonyl (C=O) groups excluding carboxylic acids is 1. The van der Waals surface area contributed by atoms with Crippen molar-refractivity contribution in [1.29, 1.82) is 0 Å². The van der Waals surface area contributed by atoms with Crippen LogP contribution >= 0.6 is 0 Å². The summed E-state index contributed by atoms with van der Waals surface area (Å²) in [4.78, 5) is 16.4. The van der Waals surface area contributed by atoms with E-state index in [-0.39, 0.29) is 5.78 Å². The first-order chi connectivity index (χ1) is 9.34. The molecular formula is C16H16N2O. The minimum Gasteiger partial charge on any atom is -0.312 e. The third-order valence-electron chi connectivity index (χ3n) is 3.55. The van der Waals surface area contributed by atoms with Crippen molar-refractivity contribution in [3.63, 3.8) is 0 Å². The Kier molecular flexibility index (Phi) is 3.38. The second kappa shape index (κ2) is 5.33. The normalized spacial score (nSPS) is 13.9. The van der Waals surface area contributed by atoms with E-state index in [0.717, 1.165) is 30.6 Å². The molecule has 0 bridgehead atoms. The van der Waals surface area contributed by atoms with Crippen molar-refractivity contribution >= 4 is 5.78 Å². The number of rotatable bonds is 3. The van der Waals surface area contributed by atoms with Gasteiger partial charge in [-0.25, -0.2) is 0 Å². The van der Waals surface area contributed by atoms with Crippen molar-refractivity contribution in [3.8, 4) is 0 Å². The molecule has 0 atom stereocenters. The summed E-state index contributed by atoms with van der Waals surface area (Å²) in [5.74, 6) is 0.199. The van der Waals surface area contributed by atoms with Gasteiger partial charge in [-0.3, -0.25) is 9.78 Å². The predicted molar refractivity (Wildman–Crippen MR) is 74.1 cm³/mol. The Morgan fingerprint density at radius 1 is 1.21 bits per heavy atom. The van der Waals surface area contributed by atoms with Crippen LogP contribution < -0.4 is 5.32 Å². The lowest BCUT2D eigenvalue weighted by Gasteiger charge is -2.19. The number of carbonyl (C=O) groups is 1. The molecule has 0 spiro atoms. The van der Waals surface area contributed by atoms with Gasteiger partial charge < -0.3 is 5.32 Å². The van der Waals surface area contributed by atoms with E-state index < -0.39 is 0 Å². The number of fused-ring (bicyclic) bond motifs is 1. The number of hydrogen-bond donors (Lipinski definition) is 1. The van der Waals surface area contributed by atoms with Gasteiger partial charge in [0.2, 0.25) is 0 Å². The van der Waals surface area contributed by atoms with Crippen LogP contribution in [0.5, 0.6) is 0 Å². The molecule has 1 aliphatic rings. The molecule has 3 nitrogen and oxygen atoms in total. The van der Waals surface area contributed by atoms with E-state index in [1.54, 1.807) is 12.4 Å². The SMILES string of the molecule is O=C(Cc1ccncc1)c1cccc2c1CCNC2. The Bertz CT molecular complexity index is 593. The highest BCUT2D eigenvalue weighted by molar-refractivity contribution is 5.99. The molecule has 3 rings (SSSR count). The molecule has 0 fully saturated rings. The Balaban J connectivity index is 1.88. The summed E-state index contributed by atoms with van der Waals surface area (Å²) < 4.78 is 0. The van der Waals surface area contributed by atoms with E-state index in [2.05, 4.69) is 16.4 Å². The highest BCUT2D eigenvalue weighted by Gasteiger charge is 2.17. The Hall–Kier alpha value is -2.00. The summed E-state index contributed by atoms with van der Waals surface area (Å²) in [6, 6.07) is 9.83. The van der Waals surface area contributed by atoms with Crippen molar-refractivity contribution in [2.75, 3.05) is 6.54 Å². The third kappa shape index (κ3) is 2.56. The molecule has 96 valence electrons. The van der Waals surface area contributed by atoms with Crippen LogP contribution in [0.15, 0.2) is 42.7 Å². The quantitative estimate of drug-likeness (QED) is 0.851. The van der Waals surface area contributed by atoms with Crippen LogP contribution in [0.3, 0.4) is 0 Å². The first-order valence-electron chi connectivity index (χ1n) is 6.58. The molecule has 0 amide bonds. The molecule has 1 aromatic carbocycles. The van der Waals surface area contributed by atoms with Crippen LogP contribution in [-0.4, -0.2) is 17.3 Å². The maximum atomic E-state index is 12.4. The fraction of sp³-hybridized carbons (Fsp3) is 0.250. The minimum atomic E-state index is 0.199. The lowest BCUT2D eigenvalue weighted by atomic mass is 9.91. The summed E-state index contributed by atoms with van der Waals surface area (Å²) in [6.45, 7) is 1.82. The maximum Gasteiger partial charge on any atom is 0.167 e. The molecule has 1 aromatic heterocycles. The molecule has 19 heavy (non-hydrogen) atoms. The Morgan fingerprint density at radius 2 is 2.05 bits per heavy atom. The van der Waals surface area contributed by atoms with Gasteiger partial charge >= 0.3 is 0 Å². The van der Waals surface area contributed by atoms with Gasteiger partial charge in [-0.15, -0.1) is 0 Å². The van der Waals surface area contributed by atoms with E-state index in [9.17, 15) is 4.79 Å². The van der Waals surface area contributed by atoms with Crippen molar-refractivity contribution < 1.29 is 4.79 Å². The number of aromatic nitrogens is 1. The van der Waals surface area contributed by atoms with Gasteiger partial charge in [0.1, 0.15) is 0 Å². The molecule has 0 aliphatic carbocycles. The summed E-state index contributed by atoms with van der Waals surface area (Å²) in [7, 11) is 0. The molecule has 2 aromatic rings. The topological polar surface area (TPSA) is 42.0 Å². The number of Topliss-reactive ketones (excluding diaryl/α,β-unsaturated/α-hetero) is 1. The lowest BCUT2D eigenvalue weighted by Crippen LogP contribution is -2.25. The Morgan fingerprint density at radius 3 is 2.89 bits per heavy atom. The molecule has 3 heteroatoms. The molecule has 0 unspecified atom stereocenters. The standard InChI is InChI=1S/C16H16N2O/c19-16(10-12-4-7-17-8-5-12)15-3-1-2-13-11-18-9-6-14(13)15/h1-5,7-8,18H,6,9-11H2. The second-order valence-electron chi connectivity index (χ2n) is 4.83. The van der Waals surface area contributed by atoms with E-state index in [1.165, 1.54) is 11.1 Å². The zero-order valence-corrected chi connectivity index (χ0v) is 10.7. The second-order valence-corrected chi connectivity index (χ2v) is 4.83. The molecule has 1 aliphatic heterocycles. The fourth-order valence-electron chi connectivity index (χ4n) is 2.57. The largest absolute Gasteiger partial charge is 0.312 e. The summed E-state index contributed by atoms with van der Waals surface area (Å²) >= 11 is 0. The van der Waals surface area contributed by atoms with Gasteiger partial charge in [0.25, 0.3) is 0 Å². The predicted octanol–water partition coefficient (Wildman–Crippen LogP) is 2.15. The molecule has 0 saturated heterocycles. The number of benzene rings is 1. The van der Waals surface area contributed by atoms with Crippen LogP contribution in [0.1, 0.15) is 27.0 Å². The summed E-state index contributed by atoms with van der Waals surface area (Å²) in [5, 5.41) is 3.34. The van der Waals surface area contributed by atoms with Crippen molar-refractivity contribution in [1.82, 2.24) is 10.3 Å². The zero-order valence-electron chi connectivity index (χ0n) is 10.7. The molecule has 2 heterocycles. The monoisotopic (exact) mass is 252 g/mol. The van der Waals surface area contributed by atoms with Gasteiger partial charge in [-0.2, -0.15) is 0 Å². The summed E-state index contributed by atoms with van der Waals surface area (Å²) in [5.41, 5.74) is 4.38. The highest BCUT2D eigenvalue weighted by atomic mass is 16.1. The van der Waals surface area contributed by atoms with Crippen LogP contribution in [0.4, 0.5) is 0 Å². The molecule has 0 saturated carbocycles. The van der Waals surface area contributed by atoms with E-state index in [0.29, 0.717) is 6.42 Å².